The van der Waals surface area contributed by atoms with Gasteiger partial charge >= 0.3 is 0 Å². The number of allylic oxidation sites excluding steroid dienone is 3. The van der Waals surface area contributed by atoms with E-state index in [2.05, 4.69) is 19.2 Å². The van der Waals surface area contributed by atoms with Gasteiger partial charge in [-0.05, 0) is 63.3 Å². The lowest BCUT2D eigenvalue weighted by molar-refractivity contribution is -0.120. The van der Waals surface area contributed by atoms with Crippen molar-refractivity contribution in [1.82, 2.24) is 5.32 Å². The molecule has 36 heavy (non-hydrogen) atoms. The zero-order chi connectivity index (χ0) is 26.9. The second-order valence-electron chi connectivity index (χ2n) is 9.57. The first kappa shape index (κ1) is 30.3. The number of anilines is 1. The number of carbonyl (C=O) groups is 1. The summed E-state index contributed by atoms with van der Waals surface area (Å²) in [7, 11) is 6.63. The molecule has 0 spiro atoms. The summed E-state index contributed by atoms with van der Waals surface area (Å²) in [5, 5.41) is 14.8. The molecule has 1 aliphatic rings. The molecule has 7 nitrogen and oxygen atoms in total. The molecule has 1 aromatic carbocycles. The number of benzene rings is 1. The normalized spacial score (nSPS) is 29.5. The average molecular weight is 523 g/mol. The summed E-state index contributed by atoms with van der Waals surface area (Å²) < 4.78 is 17.3. The van der Waals surface area contributed by atoms with Crippen LogP contribution < -0.4 is 15.0 Å². The number of fused-ring (bicyclic) bond motifs is 2. The third-order valence-corrected chi connectivity index (χ3v) is 7.39. The van der Waals surface area contributed by atoms with Crippen molar-refractivity contribution in [1.29, 1.82) is 0 Å². The van der Waals surface area contributed by atoms with Gasteiger partial charge in [0.05, 0.1) is 31.9 Å². The number of likely N-dealkylation sites (N-methyl/N-ethyl adjacent to an activating group) is 1. The van der Waals surface area contributed by atoms with Crippen molar-refractivity contribution in [3.8, 4) is 5.75 Å². The molecule has 2 rings (SSSR count). The molecular formula is C28H43ClN2O5. The topological polar surface area (TPSA) is 80.3 Å². The number of nitrogens with one attached hydrogen (secondary N) is 1. The number of amides is 1. The zero-order valence-electron chi connectivity index (χ0n) is 22.8. The van der Waals surface area contributed by atoms with Crippen LogP contribution >= 0.6 is 11.6 Å². The Morgan fingerprint density at radius 3 is 2.67 bits per heavy atom. The summed E-state index contributed by atoms with van der Waals surface area (Å²) in [5.74, 6) is 0.621. The fraction of sp³-hybridized carbons (Fsp3) is 0.607. The quantitative estimate of drug-likeness (QED) is 0.548. The van der Waals surface area contributed by atoms with Crippen LogP contribution in [0.4, 0.5) is 5.69 Å². The molecule has 0 saturated heterocycles. The van der Waals surface area contributed by atoms with Gasteiger partial charge in [-0.15, -0.1) is 0 Å². The second kappa shape index (κ2) is 14.1. The Morgan fingerprint density at radius 2 is 2.06 bits per heavy atom. The molecule has 1 heterocycles. The van der Waals surface area contributed by atoms with Gasteiger partial charge in [-0.2, -0.15) is 0 Å². The number of halogens is 1. The van der Waals surface area contributed by atoms with Crippen molar-refractivity contribution in [3.63, 3.8) is 0 Å². The van der Waals surface area contributed by atoms with Crippen LogP contribution in [0, 0.1) is 5.92 Å². The van der Waals surface area contributed by atoms with Crippen LogP contribution in [-0.2, 0) is 20.7 Å². The molecule has 0 fully saturated rings. The van der Waals surface area contributed by atoms with E-state index in [1.807, 2.05) is 37.3 Å². The molecule has 2 bridgehead atoms. The SMILES string of the molecule is CCC1OCCC(=O)N(C)c2cc(cc(OC)c2Cl)C/C(C)=C/C=C\C(OC)C(O)(NC)CC[C@H]1C. The minimum atomic E-state index is -1.22. The molecule has 0 aliphatic carbocycles. The average Bonchev–Trinajstić information content (AvgIpc) is 2.87. The number of hydrogen-bond acceptors (Lipinski definition) is 6. The molecule has 1 aliphatic heterocycles. The van der Waals surface area contributed by atoms with Crippen LogP contribution in [0.3, 0.4) is 0 Å². The minimum absolute atomic E-state index is 0.0274. The number of hydrogen-bond donors (Lipinski definition) is 2. The molecular weight excluding hydrogens is 480 g/mol. The fourth-order valence-electron chi connectivity index (χ4n) is 4.59. The molecule has 202 valence electrons. The Hall–Kier alpha value is -1.90. The third kappa shape index (κ3) is 7.80. The number of aliphatic hydroxyl groups is 1. The van der Waals surface area contributed by atoms with Crippen LogP contribution in [0.2, 0.25) is 5.02 Å². The standard InChI is InChI=1S/C28H43ClN2O5/c1-8-23-20(3)12-14-28(33,30-4)25(35-7)11-9-10-19(2)16-21-17-22(27(29)24(18-21)34-6)31(5)26(32)13-15-36-23/h9-11,17-18,20,23,25,30,33H,8,12-16H2,1-7H3/b11-9-,19-10+/t20-,23?,25?,28?/m1/s1. The van der Waals surface area contributed by atoms with Crippen molar-refractivity contribution in [2.75, 3.05) is 39.8 Å². The monoisotopic (exact) mass is 522 g/mol. The summed E-state index contributed by atoms with van der Waals surface area (Å²) >= 11 is 6.59. The summed E-state index contributed by atoms with van der Waals surface area (Å²) in [6, 6.07) is 3.81. The van der Waals surface area contributed by atoms with E-state index in [9.17, 15) is 9.90 Å². The number of nitrogens with zero attached hydrogens (tertiary/aromatic N) is 1. The van der Waals surface area contributed by atoms with Crippen molar-refractivity contribution in [2.45, 2.75) is 70.8 Å². The molecule has 4 atom stereocenters. The molecule has 0 saturated carbocycles. The number of carbonyl (C=O) groups excluding carboxylic acids is 1. The Morgan fingerprint density at radius 1 is 1.33 bits per heavy atom. The fourth-order valence-corrected chi connectivity index (χ4v) is 4.91. The predicted octanol–water partition coefficient (Wildman–Crippen LogP) is 4.89. The lowest BCUT2D eigenvalue weighted by atomic mass is 9.90. The summed E-state index contributed by atoms with van der Waals surface area (Å²) in [6.07, 6.45) is 8.11. The summed E-state index contributed by atoms with van der Waals surface area (Å²) in [4.78, 5) is 14.6. The maximum Gasteiger partial charge on any atom is 0.229 e. The first-order chi connectivity index (χ1) is 17.1. The molecule has 0 aromatic heterocycles. The molecule has 1 amide bonds. The van der Waals surface area contributed by atoms with Crippen molar-refractivity contribution < 1.29 is 24.1 Å². The van der Waals surface area contributed by atoms with Gasteiger partial charge < -0.3 is 24.2 Å². The van der Waals surface area contributed by atoms with Crippen LogP contribution in [0.25, 0.3) is 0 Å². The van der Waals surface area contributed by atoms with E-state index in [1.54, 1.807) is 33.2 Å². The van der Waals surface area contributed by atoms with E-state index >= 15 is 0 Å². The van der Waals surface area contributed by atoms with Crippen LogP contribution in [0.15, 0.2) is 35.9 Å². The Balaban J connectivity index is 2.47. The minimum Gasteiger partial charge on any atom is -0.495 e. The number of methoxy groups -OCH3 is 2. The number of ether oxygens (including phenoxy) is 3. The largest absolute Gasteiger partial charge is 0.495 e. The van der Waals surface area contributed by atoms with Gasteiger partial charge in [0.25, 0.3) is 0 Å². The van der Waals surface area contributed by atoms with Crippen molar-refractivity contribution >= 4 is 23.2 Å². The third-order valence-electron chi connectivity index (χ3n) is 7.01. The Bertz CT molecular complexity index is 935. The van der Waals surface area contributed by atoms with Gasteiger partial charge in [0, 0.05) is 14.2 Å². The van der Waals surface area contributed by atoms with Gasteiger partial charge in [-0.1, -0.05) is 49.2 Å². The smallest absolute Gasteiger partial charge is 0.229 e. The van der Waals surface area contributed by atoms with Crippen LogP contribution in [0.1, 0.15) is 52.0 Å². The first-order valence-corrected chi connectivity index (χ1v) is 13.0. The molecule has 2 N–H and O–H groups in total. The lowest BCUT2D eigenvalue weighted by Gasteiger charge is -2.35. The van der Waals surface area contributed by atoms with Crippen molar-refractivity contribution in [2.24, 2.45) is 5.92 Å². The Labute approximate surface area is 221 Å². The van der Waals surface area contributed by atoms with E-state index in [-0.39, 0.29) is 24.3 Å². The molecule has 0 radical (unpaired) electrons. The van der Waals surface area contributed by atoms with Crippen LogP contribution in [-0.4, -0.2) is 63.9 Å². The van der Waals surface area contributed by atoms with Gasteiger partial charge in [0.15, 0.2) is 0 Å². The van der Waals surface area contributed by atoms with E-state index in [4.69, 9.17) is 25.8 Å². The molecule has 3 unspecified atom stereocenters. The van der Waals surface area contributed by atoms with Gasteiger partial charge in [-0.25, -0.2) is 0 Å². The lowest BCUT2D eigenvalue weighted by Crippen LogP contribution is -2.53. The van der Waals surface area contributed by atoms with E-state index < -0.39 is 11.8 Å². The highest BCUT2D eigenvalue weighted by molar-refractivity contribution is 6.35. The highest BCUT2D eigenvalue weighted by atomic mass is 35.5. The molecule has 1 aromatic rings. The summed E-state index contributed by atoms with van der Waals surface area (Å²) in [5.41, 5.74) is 1.44. The van der Waals surface area contributed by atoms with Gasteiger partial charge in [0.2, 0.25) is 5.91 Å². The van der Waals surface area contributed by atoms with Crippen molar-refractivity contribution in [3.05, 3.63) is 46.5 Å². The van der Waals surface area contributed by atoms with E-state index in [0.717, 1.165) is 24.0 Å². The Kier molecular flexibility index (Phi) is 11.9. The maximum atomic E-state index is 13.0. The number of rotatable bonds is 4. The predicted molar refractivity (Wildman–Crippen MR) is 146 cm³/mol. The summed E-state index contributed by atoms with van der Waals surface area (Å²) in [6.45, 7) is 6.52. The van der Waals surface area contributed by atoms with Gasteiger partial charge in [0.1, 0.15) is 22.6 Å². The maximum absolute atomic E-state index is 13.0. The highest BCUT2D eigenvalue weighted by Gasteiger charge is 2.34. The molecule has 8 heteroatoms. The second-order valence-corrected chi connectivity index (χ2v) is 9.95. The highest BCUT2D eigenvalue weighted by Crippen LogP contribution is 2.36. The first-order valence-electron chi connectivity index (χ1n) is 12.6. The van der Waals surface area contributed by atoms with Gasteiger partial charge in [-0.3, -0.25) is 10.1 Å². The zero-order valence-corrected chi connectivity index (χ0v) is 23.5. The van der Waals surface area contributed by atoms with Crippen LogP contribution in [0.5, 0.6) is 5.75 Å². The van der Waals surface area contributed by atoms with E-state index in [0.29, 0.717) is 35.9 Å². The van der Waals surface area contributed by atoms with E-state index in [1.165, 1.54) is 0 Å².